The molecule has 11 rings (SSSR count). The Morgan fingerprint density at radius 1 is 0.912 bits per heavy atom. The summed E-state index contributed by atoms with van der Waals surface area (Å²) in [5.41, 5.74) is 10.2. The number of carbonyl (C=O) groups is 5. The quantitative estimate of drug-likeness (QED) is 0.157. The molecule has 4 aromatic rings. The third kappa shape index (κ3) is 8.60. The van der Waals surface area contributed by atoms with Crippen LogP contribution in [-0.2, 0) is 32.2 Å². The molecule has 1 saturated carbocycles. The van der Waals surface area contributed by atoms with E-state index in [4.69, 9.17) is 20.4 Å². The van der Waals surface area contributed by atoms with Gasteiger partial charge in [-0.05, 0) is 93.0 Å². The number of imide groups is 1. The fraction of sp³-hybridized carbons (Fsp3) is 0.480. The van der Waals surface area contributed by atoms with Gasteiger partial charge in [0, 0.05) is 110 Å². The Kier molecular flexibility index (Phi) is 11.7. The van der Waals surface area contributed by atoms with E-state index in [9.17, 15) is 24.0 Å². The van der Waals surface area contributed by atoms with Crippen molar-refractivity contribution in [2.75, 3.05) is 61.0 Å². The van der Waals surface area contributed by atoms with E-state index >= 15 is 0 Å². The third-order valence-electron chi connectivity index (χ3n) is 15.8. The van der Waals surface area contributed by atoms with Gasteiger partial charge in [-0.15, -0.1) is 0 Å². The van der Waals surface area contributed by atoms with Crippen molar-refractivity contribution < 1.29 is 28.7 Å². The normalized spacial score (nSPS) is 26.1. The maximum absolute atomic E-state index is 13.3. The Labute approximate surface area is 399 Å². The highest BCUT2D eigenvalue weighted by molar-refractivity contribution is 7.99. The molecule has 8 heterocycles. The number of nitrogens with two attached hydrogens (primary N) is 1. The number of nitrogens with zero attached hydrogens (tertiary/aromatic N) is 7. The van der Waals surface area contributed by atoms with E-state index in [2.05, 4.69) is 42.6 Å². The summed E-state index contributed by atoms with van der Waals surface area (Å²) in [5, 5.41) is 9.26. The Hall–Kier alpha value is -5.95. The van der Waals surface area contributed by atoms with Gasteiger partial charge in [0.15, 0.2) is 0 Å². The molecule has 6 fully saturated rings. The number of fused-ring (bicyclic) bond motifs is 1. The number of pyridine rings is 1. The van der Waals surface area contributed by atoms with Gasteiger partial charge in [-0.3, -0.25) is 34.2 Å². The Morgan fingerprint density at radius 3 is 2.46 bits per heavy atom. The minimum absolute atomic E-state index is 0.00633. The number of benzene rings is 2. The van der Waals surface area contributed by atoms with Crippen molar-refractivity contribution in [2.24, 2.45) is 22.5 Å². The highest BCUT2D eigenvalue weighted by atomic mass is 32.2. The SMILES string of the molecule is C[C@@H]1OCC2(CCN(c3cnc(Sc4cccc(NC(=O)C5CC(N6CC7(CCN(c8ccc(C(=O)NCc9ccc%10c(c9)CN(C9CCC(=O)NC9=O)C%10=O)cn8)C7)C6)C5)c4)cn3)CC2)[C@@H]1N. The highest BCUT2D eigenvalue weighted by Crippen LogP contribution is 2.46. The first-order valence-electron chi connectivity index (χ1n) is 23.9. The van der Waals surface area contributed by atoms with Crippen molar-refractivity contribution in [3.63, 3.8) is 0 Å². The van der Waals surface area contributed by atoms with E-state index in [-0.39, 0.29) is 72.0 Å². The first-order chi connectivity index (χ1) is 32.9. The van der Waals surface area contributed by atoms with Crippen molar-refractivity contribution in [1.29, 1.82) is 0 Å². The minimum atomic E-state index is -0.671. The number of piperidine rings is 2. The number of aromatic nitrogens is 3. The molecule has 5 N–H and O–H groups in total. The number of carbonyl (C=O) groups excluding carboxylic acids is 5. The van der Waals surface area contributed by atoms with E-state index in [0.717, 1.165) is 116 Å². The first-order valence-corrected chi connectivity index (χ1v) is 24.7. The maximum atomic E-state index is 13.3. The van der Waals surface area contributed by atoms with Crippen LogP contribution in [0, 0.1) is 16.7 Å². The average molecular weight is 940 g/mol. The van der Waals surface area contributed by atoms with Crippen LogP contribution in [0.25, 0.3) is 0 Å². The number of nitrogens with one attached hydrogen (secondary N) is 3. The third-order valence-corrected chi connectivity index (χ3v) is 16.7. The molecule has 354 valence electrons. The lowest BCUT2D eigenvalue weighted by molar-refractivity contribution is -0.137. The molecule has 68 heavy (non-hydrogen) atoms. The standard InChI is InChI=1S/C50H57N11O6S/c1-30-44(51)50(29-67-30)12-15-58(16-13-50)41-23-54-43(24-53-41)68-37-4-2-3-35(20-37)56-46(64)33-18-36(19-33)60-27-49(28-60)11-14-59(26-49)40-9-6-32(22-52-40)45(63)55-21-31-5-7-38-34(17-31)25-61(48(38)66)39-8-10-42(62)57-47(39)65/h2-7,9,17,20,22-24,30,33,36,39,44H,8,10-16,18-19,21,25-29,51H2,1H3,(H,55,63)(H,56,64)(H,57,62,65)/t30-,33?,36?,39?,44+/m0/s1. The lowest BCUT2D eigenvalue weighted by atomic mass is 9.72. The van der Waals surface area contributed by atoms with E-state index in [1.165, 1.54) is 16.7 Å². The van der Waals surface area contributed by atoms with Gasteiger partial charge >= 0.3 is 0 Å². The number of amides is 5. The molecule has 3 atom stereocenters. The predicted octanol–water partition coefficient (Wildman–Crippen LogP) is 3.98. The zero-order valence-electron chi connectivity index (χ0n) is 38.2. The molecule has 1 aliphatic carbocycles. The molecule has 18 heteroatoms. The van der Waals surface area contributed by atoms with Crippen molar-refractivity contribution >= 4 is 58.6 Å². The van der Waals surface area contributed by atoms with Gasteiger partial charge in [-0.25, -0.2) is 15.0 Å². The fourth-order valence-electron chi connectivity index (χ4n) is 11.5. The summed E-state index contributed by atoms with van der Waals surface area (Å²) in [6, 6.07) is 16.9. The van der Waals surface area contributed by atoms with Crippen LogP contribution in [0.5, 0.6) is 0 Å². The Morgan fingerprint density at radius 2 is 1.72 bits per heavy atom. The molecular weight excluding hydrogens is 883 g/mol. The molecule has 5 amide bonds. The van der Waals surface area contributed by atoms with E-state index in [1.807, 2.05) is 60.9 Å². The molecule has 6 aliphatic heterocycles. The Balaban J connectivity index is 0.598. The van der Waals surface area contributed by atoms with Gasteiger partial charge in [0.2, 0.25) is 17.7 Å². The summed E-state index contributed by atoms with van der Waals surface area (Å²) in [4.78, 5) is 87.3. The molecule has 2 aromatic heterocycles. The van der Waals surface area contributed by atoms with Crippen LogP contribution in [0.15, 0.2) is 83.1 Å². The minimum Gasteiger partial charge on any atom is -0.376 e. The fourth-order valence-corrected chi connectivity index (χ4v) is 12.3. The first kappa shape index (κ1) is 44.5. The smallest absolute Gasteiger partial charge is 0.255 e. The number of anilines is 3. The number of ether oxygens (including phenoxy) is 1. The number of rotatable bonds is 11. The second-order valence-electron chi connectivity index (χ2n) is 20.1. The summed E-state index contributed by atoms with van der Waals surface area (Å²) in [5.74, 6) is 0.573. The summed E-state index contributed by atoms with van der Waals surface area (Å²) >= 11 is 1.53. The molecule has 0 radical (unpaired) electrons. The van der Waals surface area contributed by atoms with Gasteiger partial charge in [0.1, 0.15) is 22.7 Å². The molecule has 17 nitrogen and oxygen atoms in total. The monoisotopic (exact) mass is 939 g/mol. The maximum Gasteiger partial charge on any atom is 0.255 e. The molecule has 2 aromatic carbocycles. The molecule has 0 bridgehead atoms. The molecule has 1 unspecified atom stereocenters. The topological polar surface area (TPSA) is 208 Å². The van der Waals surface area contributed by atoms with Gasteiger partial charge in [0.25, 0.3) is 11.8 Å². The predicted molar refractivity (Wildman–Crippen MR) is 254 cm³/mol. The molecule has 7 aliphatic rings. The van der Waals surface area contributed by atoms with Crippen LogP contribution in [0.4, 0.5) is 17.3 Å². The number of likely N-dealkylation sites (tertiary alicyclic amines) is 1. The van der Waals surface area contributed by atoms with Crippen LogP contribution in [0.3, 0.4) is 0 Å². The van der Waals surface area contributed by atoms with Crippen molar-refractivity contribution in [3.8, 4) is 0 Å². The van der Waals surface area contributed by atoms with E-state index in [1.54, 1.807) is 12.3 Å². The van der Waals surface area contributed by atoms with Crippen molar-refractivity contribution in [2.45, 2.75) is 99.1 Å². The second-order valence-corrected chi connectivity index (χ2v) is 21.2. The lowest BCUT2D eigenvalue weighted by Crippen LogP contribution is -2.64. The molecular formula is C50H57N11O6S. The number of hydrogen-bond donors (Lipinski definition) is 4. The molecule has 5 saturated heterocycles. The van der Waals surface area contributed by atoms with Gasteiger partial charge in [-0.2, -0.15) is 0 Å². The largest absolute Gasteiger partial charge is 0.376 e. The van der Waals surface area contributed by atoms with E-state index in [0.29, 0.717) is 23.6 Å². The average Bonchev–Trinajstić information content (AvgIpc) is 3.99. The van der Waals surface area contributed by atoms with Crippen LogP contribution in [0.2, 0.25) is 0 Å². The Bertz CT molecular complexity index is 2630. The summed E-state index contributed by atoms with van der Waals surface area (Å²) in [6.45, 7) is 8.98. The van der Waals surface area contributed by atoms with Crippen LogP contribution in [-0.4, -0.2) is 124 Å². The van der Waals surface area contributed by atoms with Crippen LogP contribution >= 0.6 is 11.8 Å². The summed E-state index contributed by atoms with van der Waals surface area (Å²) in [6.07, 6.45) is 10.7. The number of hydrogen-bond acceptors (Lipinski definition) is 14. The second kappa shape index (κ2) is 17.9. The summed E-state index contributed by atoms with van der Waals surface area (Å²) < 4.78 is 5.88. The van der Waals surface area contributed by atoms with Gasteiger partial charge in [-0.1, -0.05) is 30.0 Å². The highest BCUT2D eigenvalue weighted by Gasteiger charge is 2.52. The van der Waals surface area contributed by atoms with Crippen molar-refractivity contribution in [3.05, 3.63) is 95.4 Å². The van der Waals surface area contributed by atoms with Crippen LogP contribution < -0.4 is 31.5 Å². The van der Waals surface area contributed by atoms with E-state index < -0.39 is 11.9 Å². The molecule has 2 spiro atoms. The van der Waals surface area contributed by atoms with Gasteiger partial charge < -0.3 is 35.8 Å². The summed E-state index contributed by atoms with van der Waals surface area (Å²) in [7, 11) is 0. The zero-order chi connectivity index (χ0) is 46.7. The zero-order valence-corrected chi connectivity index (χ0v) is 39.0. The van der Waals surface area contributed by atoms with Gasteiger partial charge in [0.05, 0.1) is 30.7 Å². The van der Waals surface area contributed by atoms with Crippen molar-refractivity contribution in [1.82, 2.24) is 35.4 Å². The lowest BCUT2D eigenvalue weighted by Gasteiger charge is -2.55. The van der Waals surface area contributed by atoms with Crippen LogP contribution in [0.1, 0.15) is 83.7 Å².